The highest BCUT2D eigenvalue weighted by Gasteiger charge is 2.14. The quantitative estimate of drug-likeness (QED) is 0.138. The summed E-state index contributed by atoms with van der Waals surface area (Å²) in [6.45, 7) is 0.116. The average molecular weight is 524 g/mol. The predicted octanol–water partition coefficient (Wildman–Crippen LogP) is 2.04. The Morgan fingerprint density at radius 1 is 1.08 bits per heavy atom. The van der Waals surface area contributed by atoms with Crippen LogP contribution < -0.4 is 16.1 Å². The van der Waals surface area contributed by atoms with Crippen LogP contribution in [0.15, 0.2) is 92.7 Å². The molecule has 1 amide bonds. The summed E-state index contributed by atoms with van der Waals surface area (Å²) in [4.78, 5) is 30.1. The maximum atomic E-state index is 13.2. The van der Waals surface area contributed by atoms with Crippen LogP contribution in [0, 0.1) is 0 Å². The molecule has 184 valence electrons. The number of hydrogen-bond acceptors (Lipinski definition) is 8. The Balaban J connectivity index is 1.54. The van der Waals surface area contributed by atoms with Crippen molar-refractivity contribution >= 4 is 44.8 Å². The van der Waals surface area contributed by atoms with Gasteiger partial charge < -0.3 is 5.11 Å². The van der Waals surface area contributed by atoms with Crippen molar-refractivity contribution < 1.29 is 18.3 Å². The molecule has 1 heterocycles. The molecule has 0 bridgehead atoms. The molecule has 4 rings (SSSR count). The monoisotopic (exact) mass is 523 g/mol. The largest absolute Gasteiger partial charge is 0.508 e. The second-order valence-electron chi connectivity index (χ2n) is 7.67. The molecule has 0 radical (unpaired) electrons. The fraction of sp³-hybridized carbons (Fsp3) is 0.0833. The number of nitrogens with two attached hydrogens (primary N) is 1. The zero-order valence-electron chi connectivity index (χ0n) is 18.7. The van der Waals surface area contributed by atoms with Crippen LogP contribution in [0.5, 0.6) is 5.75 Å². The summed E-state index contributed by atoms with van der Waals surface area (Å²) in [7, 11) is -3.84. The van der Waals surface area contributed by atoms with Crippen molar-refractivity contribution in [2.75, 3.05) is 5.75 Å². The Bertz CT molecular complexity index is 1600. The van der Waals surface area contributed by atoms with Crippen molar-refractivity contribution in [2.24, 2.45) is 10.2 Å². The van der Waals surface area contributed by atoms with E-state index in [4.69, 9.17) is 5.14 Å². The number of para-hydroxylation sites is 1. The van der Waals surface area contributed by atoms with E-state index in [1.54, 1.807) is 48.5 Å². The van der Waals surface area contributed by atoms with E-state index in [2.05, 4.69) is 15.5 Å². The van der Waals surface area contributed by atoms with Crippen molar-refractivity contribution in [3.8, 4) is 5.75 Å². The molecular formula is C24H21N5O5S2. The molecule has 0 aliphatic carbocycles. The van der Waals surface area contributed by atoms with E-state index < -0.39 is 15.9 Å². The molecule has 0 fully saturated rings. The number of benzene rings is 3. The average Bonchev–Trinajstić information content (AvgIpc) is 2.86. The summed E-state index contributed by atoms with van der Waals surface area (Å²) < 4.78 is 24.5. The Morgan fingerprint density at radius 2 is 1.78 bits per heavy atom. The SMILES string of the molecule is NS(=O)(=O)c1ccc(Cn2c(SCC(=O)N/N=C/c3ccc(O)cc3)nc3ccccc3c2=O)cc1. The summed E-state index contributed by atoms with van der Waals surface area (Å²) >= 11 is 1.08. The number of primary sulfonamides is 1. The van der Waals surface area contributed by atoms with E-state index in [9.17, 15) is 23.1 Å². The smallest absolute Gasteiger partial charge is 0.262 e. The maximum absolute atomic E-state index is 13.2. The van der Waals surface area contributed by atoms with Crippen molar-refractivity contribution in [3.63, 3.8) is 0 Å². The Hall–Kier alpha value is -4.00. The third kappa shape index (κ3) is 6.16. The minimum absolute atomic E-state index is 0.0330. The van der Waals surface area contributed by atoms with Gasteiger partial charge in [0.2, 0.25) is 10.0 Å². The number of nitrogens with zero attached hydrogens (tertiary/aromatic N) is 3. The van der Waals surface area contributed by atoms with Gasteiger partial charge in [0.25, 0.3) is 11.5 Å². The third-order valence-corrected chi connectivity index (χ3v) is 6.95. The number of phenolic OH excluding ortho intramolecular Hbond substituents is 1. The van der Waals surface area contributed by atoms with E-state index in [-0.39, 0.29) is 28.5 Å². The van der Waals surface area contributed by atoms with Crippen LogP contribution in [0.2, 0.25) is 0 Å². The van der Waals surface area contributed by atoms with Crippen LogP contribution >= 0.6 is 11.8 Å². The minimum atomic E-state index is -3.84. The normalized spacial score (nSPS) is 11.7. The highest BCUT2D eigenvalue weighted by atomic mass is 32.2. The topological polar surface area (TPSA) is 157 Å². The van der Waals surface area contributed by atoms with Gasteiger partial charge in [-0.2, -0.15) is 5.10 Å². The summed E-state index contributed by atoms with van der Waals surface area (Å²) in [6.07, 6.45) is 1.44. The van der Waals surface area contributed by atoms with Crippen LogP contribution in [0.3, 0.4) is 0 Å². The molecule has 4 N–H and O–H groups in total. The van der Waals surface area contributed by atoms with E-state index >= 15 is 0 Å². The van der Waals surface area contributed by atoms with E-state index in [1.807, 2.05) is 0 Å². The van der Waals surface area contributed by atoms with Gasteiger partial charge in [-0.3, -0.25) is 14.2 Å². The molecule has 4 aromatic rings. The molecule has 1 aromatic heterocycles. The number of hydrogen-bond donors (Lipinski definition) is 3. The lowest BCUT2D eigenvalue weighted by Gasteiger charge is -2.13. The van der Waals surface area contributed by atoms with Gasteiger partial charge in [-0.05, 0) is 59.7 Å². The highest BCUT2D eigenvalue weighted by Crippen LogP contribution is 2.19. The Kier molecular flexibility index (Phi) is 7.48. The predicted molar refractivity (Wildman–Crippen MR) is 137 cm³/mol. The van der Waals surface area contributed by atoms with Gasteiger partial charge in [-0.25, -0.2) is 24.0 Å². The molecule has 0 atom stereocenters. The van der Waals surface area contributed by atoms with Gasteiger partial charge >= 0.3 is 0 Å². The molecular weight excluding hydrogens is 502 g/mol. The molecule has 0 aliphatic heterocycles. The first-order valence-corrected chi connectivity index (χ1v) is 13.1. The van der Waals surface area contributed by atoms with Crippen LogP contribution in [0.25, 0.3) is 10.9 Å². The van der Waals surface area contributed by atoms with Crippen molar-refractivity contribution in [1.29, 1.82) is 0 Å². The van der Waals surface area contributed by atoms with Crippen LogP contribution in [0.1, 0.15) is 11.1 Å². The Morgan fingerprint density at radius 3 is 2.47 bits per heavy atom. The third-order valence-electron chi connectivity index (χ3n) is 5.05. The number of nitrogens with one attached hydrogen (secondary N) is 1. The second kappa shape index (κ2) is 10.7. The van der Waals surface area contributed by atoms with Crippen molar-refractivity contribution in [2.45, 2.75) is 16.6 Å². The second-order valence-corrected chi connectivity index (χ2v) is 10.2. The number of sulfonamides is 1. The molecule has 0 saturated carbocycles. The molecule has 3 aromatic carbocycles. The fourth-order valence-electron chi connectivity index (χ4n) is 3.27. The standard InChI is InChI=1S/C24H21N5O5S2/c25-36(33,34)19-11-7-17(8-12-19)14-29-23(32)20-3-1-2-4-21(20)27-24(29)35-15-22(31)28-26-13-16-5-9-18(30)10-6-16/h1-13,30H,14-15H2,(H,28,31)(H2,25,33,34)/b26-13+. The lowest BCUT2D eigenvalue weighted by atomic mass is 10.2. The van der Waals surface area contributed by atoms with Gasteiger partial charge in [0.05, 0.1) is 34.3 Å². The van der Waals surface area contributed by atoms with E-state index in [0.29, 0.717) is 27.2 Å². The maximum Gasteiger partial charge on any atom is 0.262 e. The van der Waals surface area contributed by atoms with Gasteiger partial charge in [0.1, 0.15) is 5.75 Å². The summed E-state index contributed by atoms with van der Waals surface area (Å²) in [6, 6.07) is 19.1. The number of hydrazone groups is 1. The Labute approximate surface area is 210 Å². The number of amides is 1. The number of aromatic nitrogens is 2. The summed E-state index contributed by atoms with van der Waals surface area (Å²) in [5.74, 6) is -0.328. The lowest BCUT2D eigenvalue weighted by molar-refractivity contribution is -0.118. The number of aromatic hydroxyl groups is 1. The summed E-state index contributed by atoms with van der Waals surface area (Å²) in [5.41, 5.74) is 3.98. The number of rotatable bonds is 8. The lowest BCUT2D eigenvalue weighted by Crippen LogP contribution is -2.25. The fourth-order valence-corrected chi connectivity index (χ4v) is 4.57. The number of phenols is 1. The van der Waals surface area contributed by atoms with Crippen molar-refractivity contribution in [1.82, 2.24) is 15.0 Å². The van der Waals surface area contributed by atoms with Gasteiger partial charge in [0, 0.05) is 0 Å². The summed E-state index contributed by atoms with van der Waals surface area (Å²) in [5, 5.41) is 19.1. The first-order chi connectivity index (χ1) is 17.2. The van der Waals surface area contributed by atoms with Gasteiger partial charge in [-0.15, -0.1) is 0 Å². The van der Waals surface area contributed by atoms with E-state index in [0.717, 1.165) is 11.8 Å². The minimum Gasteiger partial charge on any atom is -0.508 e. The van der Waals surface area contributed by atoms with Crippen LogP contribution in [-0.4, -0.2) is 41.0 Å². The molecule has 0 unspecified atom stereocenters. The number of carbonyl (C=O) groups is 1. The molecule has 0 spiro atoms. The molecule has 0 saturated heterocycles. The van der Waals surface area contributed by atoms with Gasteiger partial charge in [0.15, 0.2) is 5.16 Å². The first-order valence-electron chi connectivity index (χ1n) is 10.6. The van der Waals surface area contributed by atoms with E-state index in [1.165, 1.54) is 35.0 Å². The zero-order chi connectivity index (χ0) is 25.7. The molecule has 0 aliphatic rings. The molecule has 10 nitrogen and oxygen atoms in total. The van der Waals surface area contributed by atoms with Gasteiger partial charge in [-0.1, -0.05) is 36.0 Å². The number of carbonyl (C=O) groups excluding carboxylic acids is 1. The molecule has 12 heteroatoms. The number of thioether (sulfide) groups is 1. The highest BCUT2D eigenvalue weighted by molar-refractivity contribution is 7.99. The zero-order valence-corrected chi connectivity index (χ0v) is 20.4. The first kappa shape index (κ1) is 25.1. The molecule has 36 heavy (non-hydrogen) atoms. The van der Waals surface area contributed by atoms with Crippen LogP contribution in [0.4, 0.5) is 0 Å². The van der Waals surface area contributed by atoms with Crippen LogP contribution in [-0.2, 0) is 21.4 Å². The van der Waals surface area contributed by atoms with Crippen molar-refractivity contribution in [3.05, 3.63) is 94.3 Å². The number of fused-ring (bicyclic) bond motifs is 1.